The Morgan fingerprint density at radius 1 is 1.11 bits per heavy atom. The molecule has 7 nitrogen and oxygen atoms in total. The smallest absolute Gasteiger partial charge is 0.242 e. The summed E-state index contributed by atoms with van der Waals surface area (Å²) in [6.45, 7) is 2.64. The van der Waals surface area contributed by atoms with Crippen LogP contribution in [0.25, 0.3) is 0 Å². The first-order valence-electron chi connectivity index (χ1n) is 9.24. The van der Waals surface area contributed by atoms with Gasteiger partial charge in [-0.2, -0.15) is 0 Å². The van der Waals surface area contributed by atoms with Crippen LogP contribution in [-0.2, 0) is 16.0 Å². The van der Waals surface area contributed by atoms with Crippen LogP contribution in [-0.4, -0.2) is 60.5 Å². The van der Waals surface area contributed by atoms with Crippen molar-refractivity contribution >= 4 is 29.1 Å². The quantitative estimate of drug-likeness (QED) is 0.755. The molecule has 1 aliphatic heterocycles. The van der Waals surface area contributed by atoms with Crippen LogP contribution in [0.1, 0.15) is 5.69 Å². The number of hydrogen-bond acceptors (Lipinski definition) is 5. The lowest BCUT2D eigenvalue weighted by molar-refractivity contribution is -0.133. The second-order valence-corrected chi connectivity index (χ2v) is 7.13. The standard InChI is InChI=1S/C20H24ClN5O2/c21-15-4-6-17(7-5-15)25-9-11-26(12-10-25)19(27)14-24-20(28)18(22)13-16-3-1-2-8-23-16/h1-8,18H,9-14,22H2,(H,24,28)/t18-/m0/s1. The van der Waals surface area contributed by atoms with Crippen molar-refractivity contribution < 1.29 is 9.59 Å². The van der Waals surface area contributed by atoms with E-state index in [-0.39, 0.29) is 18.4 Å². The fourth-order valence-corrected chi connectivity index (χ4v) is 3.23. The van der Waals surface area contributed by atoms with E-state index in [0.29, 0.717) is 24.5 Å². The average Bonchev–Trinajstić information content (AvgIpc) is 2.73. The molecule has 0 radical (unpaired) electrons. The maximum atomic E-state index is 12.4. The Kier molecular flexibility index (Phi) is 6.84. The van der Waals surface area contributed by atoms with E-state index < -0.39 is 6.04 Å². The molecule has 28 heavy (non-hydrogen) atoms. The molecule has 0 bridgehead atoms. The molecular formula is C20H24ClN5O2. The van der Waals surface area contributed by atoms with Gasteiger partial charge in [0.1, 0.15) is 0 Å². The van der Waals surface area contributed by atoms with E-state index in [1.807, 2.05) is 36.4 Å². The summed E-state index contributed by atoms with van der Waals surface area (Å²) in [4.78, 5) is 32.7. The van der Waals surface area contributed by atoms with Crippen LogP contribution in [0, 0.1) is 0 Å². The van der Waals surface area contributed by atoms with Crippen molar-refractivity contribution in [1.29, 1.82) is 0 Å². The van der Waals surface area contributed by atoms with E-state index in [4.69, 9.17) is 17.3 Å². The predicted octanol–water partition coefficient (Wildman–Crippen LogP) is 1.07. The highest BCUT2D eigenvalue weighted by Gasteiger charge is 2.22. The van der Waals surface area contributed by atoms with Crippen molar-refractivity contribution in [3.8, 4) is 0 Å². The molecule has 0 unspecified atom stereocenters. The molecule has 2 aromatic rings. The number of nitrogens with zero attached hydrogens (tertiary/aromatic N) is 3. The van der Waals surface area contributed by atoms with Crippen molar-refractivity contribution in [2.75, 3.05) is 37.6 Å². The van der Waals surface area contributed by atoms with Crippen LogP contribution in [0.4, 0.5) is 5.69 Å². The van der Waals surface area contributed by atoms with Crippen LogP contribution in [0.15, 0.2) is 48.7 Å². The Morgan fingerprint density at radius 3 is 2.46 bits per heavy atom. The van der Waals surface area contributed by atoms with Crippen molar-refractivity contribution in [2.45, 2.75) is 12.5 Å². The Hall–Kier alpha value is -2.64. The zero-order valence-electron chi connectivity index (χ0n) is 15.6. The van der Waals surface area contributed by atoms with Crippen LogP contribution >= 0.6 is 11.6 Å². The number of aromatic nitrogens is 1. The van der Waals surface area contributed by atoms with E-state index in [1.165, 1.54) is 0 Å². The number of halogens is 1. The van der Waals surface area contributed by atoms with Gasteiger partial charge in [-0.05, 0) is 36.4 Å². The number of carbonyl (C=O) groups excluding carboxylic acids is 2. The largest absolute Gasteiger partial charge is 0.368 e. The number of pyridine rings is 1. The number of benzene rings is 1. The highest BCUT2D eigenvalue weighted by Crippen LogP contribution is 2.19. The number of hydrogen-bond donors (Lipinski definition) is 2. The van der Waals surface area contributed by atoms with Crippen LogP contribution in [0.3, 0.4) is 0 Å². The minimum atomic E-state index is -0.732. The fraction of sp³-hybridized carbons (Fsp3) is 0.350. The Morgan fingerprint density at radius 2 is 1.82 bits per heavy atom. The van der Waals surface area contributed by atoms with Gasteiger partial charge in [0.05, 0.1) is 12.6 Å². The SMILES string of the molecule is N[C@@H](Cc1ccccn1)C(=O)NCC(=O)N1CCN(c2ccc(Cl)cc2)CC1. The van der Waals surface area contributed by atoms with Gasteiger partial charge in [-0.3, -0.25) is 14.6 Å². The van der Waals surface area contributed by atoms with Gasteiger partial charge in [-0.25, -0.2) is 0 Å². The second kappa shape index (κ2) is 9.52. The molecule has 1 atom stereocenters. The van der Waals surface area contributed by atoms with Gasteiger partial charge in [0, 0.05) is 55.2 Å². The minimum absolute atomic E-state index is 0.0459. The van der Waals surface area contributed by atoms with E-state index in [0.717, 1.165) is 24.5 Å². The van der Waals surface area contributed by atoms with Crippen LogP contribution in [0.5, 0.6) is 0 Å². The number of rotatable bonds is 6. The topological polar surface area (TPSA) is 91.6 Å². The molecule has 1 aromatic carbocycles. The normalized spacial score (nSPS) is 15.2. The van der Waals surface area contributed by atoms with Crippen molar-refractivity contribution in [3.63, 3.8) is 0 Å². The van der Waals surface area contributed by atoms with Crippen molar-refractivity contribution in [3.05, 3.63) is 59.4 Å². The number of anilines is 1. The first-order chi connectivity index (χ1) is 13.5. The second-order valence-electron chi connectivity index (χ2n) is 6.69. The monoisotopic (exact) mass is 401 g/mol. The summed E-state index contributed by atoms with van der Waals surface area (Å²) in [5, 5.41) is 3.34. The van der Waals surface area contributed by atoms with Gasteiger partial charge < -0.3 is 20.9 Å². The fourth-order valence-electron chi connectivity index (χ4n) is 3.11. The third kappa shape index (κ3) is 5.43. The van der Waals surface area contributed by atoms with Gasteiger partial charge in [0.2, 0.25) is 11.8 Å². The molecule has 3 rings (SSSR count). The van der Waals surface area contributed by atoms with Crippen LogP contribution < -0.4 is 16.0 Å². The molecule has 8 heteroatoms. The highest BCUT2D eigenvalue weighted by molar-refractivity contribution is 6.30. The summed E-state index contributed by atoms with van der Waals surface area (Å²) >= 11 is 5.92. The predicted molar refractivity (Wildman–Crippen MR) is 109 cm³/mol. The molecule has 1 saturated heterocycles. The van der Waals surface area contributed by atoms with Gasteiger partial charge in [0.15, 0.2) is 0 Å². The maximum absolute atomic E-state index is 12.4. The molecule has 0 spiro atoms. The molecular weight excluding hydrogens is 378 g/mol. The third-order valence-corrected chi connectivity index (χ3v) is 4.98. The highest BCUT2D eigenvalue weighted by atomic mass is 35.5. The Labute approximate surface area is 169 Å². The Balaban J connectivity index is 1.41. The lowest BCUT2D eigenvalue weighted by Gasteiger charge is -2.36. The number of nitrogens with two attached hydrogens (primary N) is 1. The van der Waals surface area contributed by atoms with E-state index in [1.54, 1.807) is 17.2 Å². The lowest BCUT2D eigenvalue weighted by Crippen LogP contribution is -2.52. The average molecular weight is 402 g/mol. The van der Waals surface area contributed by atoms with Crippen LogP contribution in [0.2, 0.25) is 5.02 Å². The minimum Gasteiger partial charge on any atom is -0.368 e. The number of carbonyl (C=O) groups is 2. The molecule has 0 aliphatic carbocycles. The third-order valence-electron chi connectivity index (χ3n) is 4.73. The first kappa shape index (κ1) is 20.1. The molecule has 3 N–H and O–H groups in total. The first-order valence-corrected chi connectivity index (χ1v) is 9.62. The maximum Gasteiger partial charge on any atom is 0.242 e. The zero-order valence-corrected chi connectivity index (χ0v) is 16.3. The molecule has 2 amide bonds. The van der Waals surface area contributed by atoms with E-state index in [2.05, 4.69) is 15.2 Å². The van der Waals surface area contributed by atoms with Gasteiger partial charge >= 0.3 is 0 Å². The van der Waals surface area contributed by atoms with E-state index in [9.17, 15) is 9.59 Å². The summed E-state index contributed by atoms with van der Waals surface area (Å²) < 4.78 is 0. The molecule has 0 saturated carbocycles. The molecule has 1 aliphatic rings. The Bertz CT molecular complexity index is 792. The summed E-state index contributed by atoms with van der Waals surface area (Å²) in [6.07, 6.45) is 1.99. The molecule has 2 heterocycles. The number of nitrogens with one attached hydrogen (secondary N) is 1. The van der Waals surface area contributed by atoms with Gasteiger partial charge in [0.25, 0.3) is 0 Å². The van der Waals surface area contributed by atoms with Crippen molar-refractivity contribution in [1.82, 2.24) is 15.2 Å². The van der Waals surface area contributed by atoms with Gasteiger partial charge in [-0.15, -0.1) is 0 Å². The summed E-state index contributed by atoms with van der Waals surface area (Å²) in [5.74, 6) is -0.451. The lowest BCUT2D eigenvalue weighted by atomic mass is 10.1. The molecule has 148 valence electrons. The zero-order chi connectivity index (χ0) is 19.9. The summed E-state index contributed by atoms with van der Waals surface area (Å²) in [7, 11) is 0. The van der Waals surface area contributed by atoms with E-state index >= 15 is 0 Å². The summed E-state index contributed by atoms with van der Waals surface area (Å²) in [6, 6.07) is 12.4. The number of piperazine rings is 1. The summed E-state index contributed by atoms with van der Waals surface area (Å²) in [5.41, 5.74) is 7.75. The van der Waals surface area contributed by atoms with Crippen molar-refractivity contribution in [2.24, 2.45) is 5.73 Å². The molecule has 1 fully saturated rings. The number of amides is 2. The molecule has 1 aromatic heterocycles. The van der Waals surface area contributed by atoms with Gasteiger partial charge in [-0.1, -0.05) is 17.7 Å².